The van der Waals surface area contributed by atoms with Crippen LogP contribution >= 0.6 is 0 Å². The summed E-state index contributed by atoms with van der Waals surface area (Å²) in [5.74, 6) is -1.71. The standard InChI is InChI=1S/C24H34O5/c1-18(13-14-20-11-6-5-7-12-20)9-8-10-19(2)15-22(3)17-23(4)24(26,29-28-22)16-21(25)27-23/h5-7,11-13,19,26H,8-10,14-17H2,1-4H3/t19-,22-,23-,24-/m1/s1. The molecule has 1 aromatic rings. The van der Waals surface area contributed by atoms with Crippen LogP contribution in [0.25, 0.3) is 0 Å². The maximum Gasteiger partial charge on any atom is 0.312 e. The monoisotopic (exact) mass is 402 g/mol. The molecular formula is C24H34O5. The molecule has 5 heteroatoms. The topological polar surface area (TPSA) is 65.0 Å². The van der Waals surface area contributed by atoms with Gasteiger partial charge in [0.15, 0.2) is 5.60 Å². The second-order valence-electron chi connectivity index (χ2n) is 9.40. The van der Waals surface area contributed by atoms with Crippen molar-refractivity contribution >= 4 is 5.97 Å². The minimum Gasteiger partial charge on any atom is -0.453 e. The fraction of sp³-hybridized carbons (Fsp3) is 0.625. The van der Waals surface area contributed by atoms with E-state index in [1.165, 1.54) is 11.1 Å². The lowest BCUT2D eigenvalue weighted by Gasteiger charge is -2.47. The van der Waals surface area contributed by atoms with Crippen molar-refractivity contribution in [1.82, 2.24) is 0 Å². The van der Waals surface area contributed by atoms with Crippen molar-refractivity contribution < 1.29 is 24.4 Å². The van der Waals surface area contributed by atoms with Gasteiger partial charge in [-0.15, -0.1) is 0 Å². The molecule has 29 heavy (non-hydrogen) atoms. The zero-order valence-electron chi connectivity index (χ0n) is 18.1. The van der Waals surface area contributed by atoms with E-state index in [-0.39, 0.29) is 6.42 Å². The molecule has 0 bridgehead atoms. The van der Waals surface area contributed by atoms with Gasteiger partial charge in [0.2, 0.25) is 5.79 Å². The van der Waals surface area contributed by atoms with E-state index >= 15 is 0 Å². The van der Waals surface area contributed by atoms with Gasteiger partial charge in [0.25, 0.3) is 0 Å². The Labute approximate surface area is 174 Å². The largest absolute Gasteiger partial charge is 0.453 e. The van der Waals surface area contributed by atoms with E-state index in [0.29, 0.717) is 12.3 Å². The van der Waals surface area contributed by atoms with E-state index in [4.69, 9.17) is 14.5 Å². The summed E-state index contributed by atoms with van der Waals surface area (Å²) in [6, 6.07) is 10.5. The van der Waals surface area contributed by atoms with Gasteiger partial charge >= 0.3 is 5.97 Å². The number of aliphatic hydroxyl groups is 1. The molecule has 0 aliphatic carbocycles. The van der Waals surface area contributed by atoms with Crippen LogP contribution in [0.2, 0.25) is 0 Å². The summed E-state index contributed by atoms with van der Waals surface area (Å²) in [4.78, 5) is 22.6. The zero-order chi connectivity index (χ0) is 21.1. The number of hydrogen-bond donors (Lipinski definition) is 1. The first-order valence-electron chi connectivity index (χ1n) is 10.6. The van der Waals surface area contributed by atoms with Crippen LogP contribution in [0.4, 0.5) is 0 Å². The number of hydrogen-bond acceptors (Lipinski definition) is 5. The molecule has 4 atom stereocenters. The fourth-order valence-electron chi connectivity index (χ4n) is 4.64. The Hall–Kier alpha value is -1.69. The molecule has 160 valence electrons. The van der Waals surface area contributed by atoms with Crippen molar-refractivity contribution in [3.8, 4) is 0 Å². The van der Waals surface area contributed by atoms with Gasteiger partial charge < -0.3 is 9.84 Å². The van der Waals surface area contributed by atoms with Gasteiger partial charge in [-0.05, 0) is 57.9 Å². The third-order valence-corrected chi connectivity index (χ3v) is 6.22. The quantitative estimate of drug-likeness (QED) is 0.381. The molecule has 2 heterocycles. The summed E-state index contributed by atoms with van der Waals surface area (Å²) in [5, 5.41) is 10.5. The number of benzene rings is 1. The first kappa shape index (κ1) is 22.0. The smallest absolute Gasteiger partial charge is 0.312 e. The molecule has 2 aliphatic heterocycles. The summed E-state index contributed by atoms with van der Waals surface area (Å²) in [6.45, 7) is 8.10. The lowest BCUT2D eigenvalue weighted by atomic mass is 9.78. The number of ether oxygens (including phenoxy) is 1. The molecule has 5 nitrogen and oxygen atoms in total. The average Bonchev–Trinajstić information content (AvgIpc) is 2.88. The number of fused-ring (bicyclic) bond motifs is 1. The number of esters is 1. The minimum absolute atomic E-state index is 0.191. The maximum atomic E-state index is 11.7. The average molecular weight is 403 g/mol. The fourth-order valence-corrected chi connectivity index (χ4v) is 4.64. The maximum absolute atomic E-state index is 11.7. The Balaban J connectivity index is 1.44. The van der Waals surface area contributed by atoms with Gasteiger partial charge in [0.05, 0.1) is 0 Å². The summed E-state index contributed by atoms with van der Waals surface area (Å²) < 4.78 is 5.41. The van der Waals surface area contributed by atoms with Crippen LogP contribution < -0.4 is 0 Å². The number of carbonyl (C=O) groups is 1. The predicted octanol–water partition coefficient (Wildman–Crippen LogP) is 4.88. The molecule has 2 fully saturated rings. The number of allylic oxidation sites excluding steroid dienone is 2. The van der Waals surface area contributed by atoms with Crippen LogP contribution in [0.5, 0.6) is 0 Å². The van der Waals surface area contributed by atoms with Crippen molar-refractivity contribution in [2.24, 2.45) is 5.92 Å². The zero-order valence-corrected chi connectivity index (χ0v) is 18.1. The first-order chi connectivity index (χ1) is 13.6. The SMILES string of the molecule is CC(=CCc1ccccc1)CCC[C@@H](C)C[C@]1(C)C[C@@]2(C)OC(=O)C[C@@]2(O)OO1. The van der Waals surface area contributed by atoms with E-state index in [1.807, 2.05) is 13.0 Å². The van der Waals surface area contributed by atoms with Crippen molar-refractivity contribution in [2.75, 3.05) is 0 Å². The summed E-state index contributed by atoms with van der Waals surface area (Å²) in [7, 11) is 0. The Morgan fingerprint density at radius 3 is 2.69 bits per heavy atom. The van der Waals surface area contributed by atoms with Crippen molar-refractivity contribution in [1.29, 1.82) is 0 Å². The first-order valence-corrected chi connectivity index (χ1v) is 10.6. The van der Waals surface area contributed by atoms with Crippen LogP contribution in [0, 0.1) is 5.92 Å². The Kier molecular flexibility index (Phi) is 6.51. The molecule has 2 saturated heterocycles. The van der Waals surface area contributed by atoms with Crippen LogP contribution in [0.1, 0.15) is 71.8 Å². The van der Waals surface area contributed by atoms with E-state index in [0.717, 1.165) is 32.1 Å². The Bertz CT molecular complexity index is 745. The third kappa shape index (κ3) is 5.27. The molecule has 0 amide bonds. The lowest BCUT2D eigenvalue weighted by molar-refractivity contribution is -0.509. The molecule has 1 aromatic carbocycles. The molecule has 1 N–H and O–H groups in total. The Morgan fingerprint density at radius 1 is 1.24 bits per heavy atom. The summed E-state index contributed by atoms with van der Waals surface area (Å²) in [6.07, 6.45) is 7.58. The van der Waals surface area contributed by atoms with E-state index in [1.54, 1.807) is 6.92 Å². The van der Waals surface area contributed by atoms with Crippen molar-refractivity contribution in [3.05, 3.63) is 47.5 Å². The van der Waals surface area contributed by atoms with E-state index in [9.17, 15) is 9.90 Å². The van der Waals surface area contributed by atoms with Gasteiger partial charge in [-0.1, -0.05) is 55.3 Å². The summed E-state index contributed by atoms with van der Waals surface area (Å²) >= 11 is 0. The molecule has 2 aliphatic rings. The molecule has 0 unspecified atom stereocenters. The second kappa shape index (κ2) is 8.58. The normalized spacial score (nSPS) is 33.3. The van der Waals surface area contributed by atoms with Crippen LogP contribution in [-0.4, -0.2) is 28.1 Å². The van der Waals surface area contributed by atoms with Gasteiger partial charge in [0.1, 0.15) is 12.0 Å². The number of rotatable bonds is 8. The van der Waals surface area contributed by atoms with Crippen molar-refractivity contribution in [3.63, 3.8) is 0 Å². The van der Waals surface area contributed by atoms with Crippen LogP contribution in [0.3, 0.4) is 0 Å². The molecule has 0 radical (unpaired) electrons. The van der Waals surface area contributed by atoms with Crippen LogP contribution in [-0.2, 0) is 25.7 Å². The second-order valence-corrected chi connectivity index (χ2v) is 9.40. The van der Waals surface area contributed by atoms with E-state index < -0.39 is 23.0 Å². The molecule has 0 saturated carbocycles. The minimum atomic E-state index is -1.69. The molecule has 3 rings (SSSR count). The molecular weight excluding hydrogens is 368 g/mol. The van der Waals surface area contributed by atoms with Crippen LogP contribution in [0.15, 0.2) is 42.0 Å². The van der Waals surface area contributed by atoms with E-state index in [2.05, 4.69) is 44.2 Å². The lowest BCUT2D eigenvalue weighted by Crippen LogP contribution is -2.60. The molecule has 0 spiro atoms. The number of carbonyl (C=O) groups excluding carboxylic acids is 1. The molecule has 0 aromatic heterocycles. The highest BCUT2D eigenvalue weighted by Gasteiger charge is 2.65. The third-order valence-electron chi connectivity index (χ3n) is 6.22. The van der Waals surface area contributed by atoms with Gasteiger partial charge in [0, 0.05) is 6.42 Å². The van der Waals surface area contributed by atoms with Gasteiger partial charge in [-0.25, -0.2) is 4.89 Å². The highest BCUT2D eigenvalue weighted by Crippen LogP contribution is 2.49. The summed E-state index contributed by atoms with van der Waals surface area (Å²) in [5.41, 5.74) is 1.10. The predicted molar refractivity (Wildman–Crippen MR) is 111 cm³/mol. The van der Waals surface area contributed by atoms with Gasteiger partial charge in [-0.3, -0.25) is 4.79 Å². The highest BCUT2D eigenvalue weighted by molar-refractivity contribution is 5.74. The highest BCUT2D eigenvalue weighted by atomic mass is 17.2. The Morgan fingerprint density at radius 2 is 1.97 bits per heavy atom. The van der Waals surface area contributed by atoms with Gasteiger partial charge in [-0.2, -0.15) is 4.89 Å². The van der Waals surface area contributed by atoms with Crippen molar-refractivity contribution in [2.45, 2.75) is 89.6 Å².